The van der Waals surface area contributed by atoms with Crippen molar-refractivity contribution in [3.05, 3.63) is 117 Å². The van der Waals surface area contributed by atoms with Crippen LogP contribution >= 0.6 is 11.3 Å². The molecule has 5 rings (SSSR count). The number of amides is 1. The molecule has 1 fully saturated rings. The number of Topliss-reactive ketones (excluding diaryl/α,β-unsaturated/α-hetero) is 1. The number of primary sulfonamides is 1. The maximum Gasteiger partial charge on any atom is 0.300 e. The van der Waals surface area contributed by atoms with Gasteiger partial charge in [-0.25, -0.2) is 13.6 Å². The largest absolute Gasteiger partial charge is 0.507 e. The van der Waals surface area contributed by atoms with Crippen molar-refractivity contribution in [3.8, 4) is 5.75 Å². The molecule has 1 saturated heterocycles. The van der Waals surface area contributed by atoms with E-state index in [0.29, 0.717) is 28.5 Å². The summed E-state index contributed by atoms with van der Waals surface area (Å²) in [5.74, 6) is -1.37. The Morgan fingerprint density at radius 2 is 1.72 bits per heavy atom. The second-order valence-electron chi connectivity index (χ2n) is 8.98. The molecule has 1 aliphatic rings. The first-order valence-electron chi connectivity index (χ1n) is 11.9. The molecule has 1 aromatic heterocycles. The number of hydrogen-bond donors (Lipinski definition) is 2. The van der Waals surface area contributed by atoms with Crippen molar-refractivity contribution >= 4 is 44.5 Å². The van der Waals surface area contributed by atoms with Gasteiger partial charge in [0.25, 0.3) is 11.7 Å². The summed E-state index contributed by atoms with van der Waals surface area (Å²) >= 11 is 1.33. The lowest BCUT2D eigenvalue weighted by Crippen LogP contribution is -2.29. The van der Waals surface area contributed by atoms with Crippen LogP contribution in [0.15, 0.2) is 101 Å². The van der Waals surface area contributed by atoms with Gasteiger partial charge in [0.1, 0.15) is 24.2 Å². The molecule has 0 radical (unpaired) electrons. The maximum atomic E-state index is 13.3. The van der Waals surface area contributed by atoms with Crippen molar-refractivity contribution in [1.82, 2.24) is 0 Å². The van der Waals surface area contributed by atoms with E-state index in [0.717, 1.165) is 11.1 Å². The molecular weight excluding hydrogens is 536 g/mol. The van der Waals surface area contributed by atoms with Crippen LogP contribution in [0.3, 0.4) is 0 Å². The van der Waals surface area contributed by atoms with Gasteiger partial charge in [0.2, 0.25) is 10.0 Å². The molecule has 2 heterocycles. The Morgan fingerprint density at radius 1 is 1.00 bits per heavy atom. The molecule has 1 unspecified atom stereocenters. The minimum absolute atomic E-state index is 0.0599. The number of ether oxygens (including phenoxy) is 1. The van der Waals surface area contributed by atoms with Crippen LogP contribution in [0.4, 0.5) is 5.69 Å². The smallest absolute Gasteiger partial charge is 0.300 e. The molecule has 0 spiro atoms. The number of nitrogens with two attached hydrogens (primary N) is 1. The van der Waals surface area contributed by atoms with Gasteiger partial charge in [-0.15, -0.1) is 11.3 Å². The monoisotopic (exact) mass is 560 g/mol. The van der Waals surface area contributed by atoms with Crippen molar-refractivity contribution in [1.29, 1.82) is 0 Å². The number of thiophene rings is 1. The van der Waals surface area contributed by atoms with E-state index in [2.05, 4.69) is 0 Å². The Labute approximate surface area is 229 Å². The highest BCUT2D eigenvalue weighted by Crippen LogP contribution is 2.44. The van der Waals surface area contributed by atoms with E-state index in [1.165, 1.54) is 40.5 Å². The van der Waals surface area contributed by atoms with E-state index >= 15 is 0 Å². The summed E-state index contributed by atoms with van der Waals surface area (Å²) < 4.78 is 29.3. The summed E-state index contributed by atoms with van der Waals surface area (Å²) in [6.07, 6.45) is 0. The summed E-state index contributed by atoms with van der Waals surface area (Å²) in [5, 5.41) is 18.4. The van der Waals surface area contributed by atoms with Crippen LogP contribution in [0.5, 0.6) is 5.75 Å². The average Bonchev–Trinajstić information content (AvgIpc) is 3.54. The quantitative estimate of drug-likeness (QED) is 0.188. The summed E-state index contributed by atoms with van der Waals surface area (Å²) in [6, 6.07) is 22.8. The van der Waals surface area contributed by atoms with Crippen molar-refractivity contribution in [3.63, 3.8) is 0 Å². The number of aryl methyl sites for hydroxylation is 1. The molecular formula is C29H24N2O6S2. The lowest BCUT2D eigenvalue weighted by molar-refractivity contribution is -0.132. The Morgan fingerprint density at radius 3 is 2.33 bits per heavy atom. The van der Waals surface area contributed by atoms with Gasteiger partial charge in [0.15, 0.2) is 0 Å². The molecule has 1 amide bonds. The highest BCUT2D eigenvalue weighted by atomic mass is 32.2. The van der Waals surface area contributed by atoms with Crippen LogP contribution in [0, 0.1) is 6.92 Å². The van der Waals surface area contributed by atoms with Gasteiger partial charge in [0.05, 0.1) is 10.5 Å². The summed E-state index contributed by atoms with van der Waals surface area (Å²) in [4.78, 5) is 28.3. The van der Waals surface area contributed by atoms with Crippen molar-refractivity contribution in [2.75, 3.05) is 4.90 Å². The predicted octanol–water partition coefficient (Wildman–Crippen LogP) is 4.91. The van der Waals surface area contributed by atoms with E-state index in [-0.39, 0.29) is 16.2 Å². The first-order valence-corrected chi connectivity index (χ1v) is 14.3. The number of nitrogens with zero attached hydrogens (tertiary/aromatic N) is 1. The van der Waals surface area contributed by atoms with E-state index < -0.39 is 27.8 Å². The van der Waals surface area contributed by atoms with Crippen LogP contribution in [0.25, 0.3) is 5.76 Å². The number of benzene rings is 3. The molecule has 3 aromatic carbocycles. The van der Waals surface area contributed by atoms with Gasteiger partial charge in [0, 0.05) is 16.1 Å². The minimum Gasteiger partial charge on any atom is -0.507 e. The highest BCUT2D eigenvalue weighted by Gasteiger charge is 2.47. The average molecular weight is 561 g/mol. The van der Waals surface area contributed by atoms with E-state index in [9.17, 15) is 23.1 Å². The van der Waals surface area contributed by atoms with E-state index in [1.807, 2.05) is 42.6 Å². The van der Waals surface area contributed by atoms with Crippen LogP contribution < -0.4 is 14.8 Å². The van der Waals surface area contributed by atoms with Crippen molar-refractivity contribution < 1.29 is 27.9 Å². The van der Waals surface area contributed by atoms with Crippen LogP contribution in [0.2, 0.25) is 0 Å². The fraction of sp³-hybridized carbons (Fsp3) is 0.103. The van der Waals surface area contributed by atoms with E-state index in [1.54, 1.807) is 30.3 Å². The highest BCUT2D eigenvalue weighted by molar-refractivity contribution is 7.89. The molecule has 39 heavy (non-hydrogen) atoms. The zero-order chi connectivity index (χ0) is 27.7. The molecule has 1 aliphatic heterocycles. The lowest BCUT2D eigenvalue weighted by atomic mass is 9.98. The molecule has 0 aliphatic carbocycles. The summed E-state index contributed by atoms with van der Waals surface area (Å²) in [5.41, 5.74) is 2.36. The second-order valence-corrected chi connectivity index (χ2v) is 11.5. The normalized spacial score (nSPS) is 17.0. The third kappa shape index (κ3) is 5.22. The fourth-order valence-corrected chi connectivity index (χ4v) is 5.80. The lowest BCUT2D eigenvalue weighted by Gasteiger charge is -2.24. The molecule has 1 atom stereocenters. The zero-order valence-corrected chi connectivity index (χ0v) is 22.4. The van der Waals surface area contributed by atoms with E-state index in [4.69, 9.17) is 9.88 Å². The molecule has 198 valence electrons. The molecule has 0 bridgehead atoms. The fourth-order valence-electron chi connectivity index (χ4n) is 4.46. The number of anilines is 1. The summed E-state index contributed by atoms with van der Waals surface area (Å²) in [6.45, 7) is 2.21. The third-order valence-corrected chi connectivity index (χ3v) is 8.24. The van der Waals surface area contributed by atoms with Crippen molar-refractivity contribution in [2.45, 2.75) is 24.5 Å². The molecule has 10 heteroatoms. The SMILES string of the molecule is Cc1cc(/C(O)=C2/C(=O)C(=O)N(c3ccc(S(N)(=O)=O)cc3)C2c2cccs2)ccc1OCc1ccccc1. The number of hydrogen-bond acceptors (Lipinski definition) is 7. The predicted molar refractivity (Wildman–Crippen MR) is 149 cm³/mol. The number of carbonyl (C=O) groups is 2. The number of ketones is 1. The van der Waals surface area contributed by atoms with Gasteiger partial charge >= 0.3 is 0 Å². The van der Waals surface area contributed by atoms with Gasteiger partial charge in [-0.05, 0) is 72.0 Å². The number of sulfonamides is 1. The third-order valence-electron chi connectivity index (χ3n) is 6.39. The second kappa shape index (κ2) is 10.5. The number of carbonyl (C=O) groups excluding carboxylic acids is 2. The molecule has 4 aromatic rings. The Balaban J connectivity index is 1.52. The van der Waals surface area contributed by atoms with Gasteiger partial charge in [-0.3, -0.25) is 14.5 Å². The Hall–Kier alpha value is -4.25. The van der Waals surface area contributed by atoms with Gasteiger partial charge in [-0.2, -0.15) is 0 Å². The maximum absolute atomic E-state index is 13.3. The number of rotatable bonds is 7. The Kier molecular flexibility index (Phi) is 7.09. The first-order chi connectivity index (χ1) is 18.6. The summed E-state index contributed by atoms with van der Waals surface area (Å²) in [7, 11) is -3.94. The Bertz CT molecular complexity index is 1680. The minimum atomic E-state index is -3.94. The molecule has 3 N–H and O–H groups in total. The van der Waals surface area contributed by atoms with Gasteiger partial charge < -0.3 is 9.84 Å². The topological polar surface area (TPSA) is 127 Å². The molecule has 8 nitrogen and oxygen atoms in total. The number of aliphatic hydroxyl groups is 1. The standard InChI is InChI=1S/C29H24N2O6S2/c1-18-16-20(9-14-23(18)37-17-19-6-3-2-4-7-19)27(32)25-26(24-8-5-15-38-24)31(29(34)28(25)33)21-10-12-22(13-11-21)39(30,35)36/h2-16,26,32H,17H2,1H3,(H2,30,35,36)/b27-25-. The van der Waals surface area contributed by atoms with Crippen LogP contribution in [0.1, 0.15) is 27.6 Å². The van der Waals surface area contributed by atoms with Gasteiger partial charge in [-0.1, -0.05) is 36.4 Å². The number of aliphatic hydroxyl groups excluding tert-OH is 1. The van der Waals surface area contributed by atoms with Crippen LogP contribution in [-0.2, 0) is 26.2 Å². The molecule has 0 saturated carbocycles. The van der Waals surface area contributed by atoms with Crippen LogP contribution in [-0.4, -0.2) is 25.2 Å². The first kappa shape index (κ1) is 26.4. The zero-order valence-electron chi connectivity index (χ0n) is 20.8. The van der Waals surface area contributed by atoms with Crippen molar-refractivity contribution in [2.24, 2.45) is 5.14 Å².